The molecule has 0 aliphatic carbocycles. The molecular formula is C13H13BrFN3O2. The predicted octanol–water partition coefficient (Wildman–Crippen LogP) is 2.44. The number of hydrogen-bond donors (Lipinski definition) is 1. The van der Waals surface area contributed by atoms with Gasteiger partial charge in [-0.1, -0.05) is 12.1 Å². The average molecular weight is 342 g/mol. The highest BCUT2D eigenvalue weighted by Gasteiger charge is 2.21. The van der Waals surface area contributed by atoms with E-state index in [1.807, 2.05) is 0 Å². The van der Waals surface area contributed by atoms with E-state index in [0.717, 1.165) is 0 Å². The quantitative estimate of drug-likeness (QED) is 0.924. The molecule has 1 unspecified atom stereocenters. The Labute approximate surface area is 124 Å². The first-order valence-corrected chi connectivity index (χ1v) is 6.52. The first kappa shape index (κ1) is 14.7. The highest BCUT2D eigenvalue weighted by molar-refractivity contribution is 9.10. The molecule has 2 aromatic rings. The number of nitrogens with zero attached hydrogens (tertiary/aromatic N) is 2. The van der Waals surface area contributed by atoms with Crippen LogP contribution in [0.3, 0.4) is 0 Å². The van der Waals surface area contributed by atoms with Gasteiger partial charge in [0, 0.05) is 5.56 Å². The maximum atomic E-state index is 14.1. The van der Waals surface area contributed by atoms with Crippen molar-refractivity contribution in [3.05, 3.63) is 45.9 Å². The summed E-state index contributed by atoms with van der Waals surface area (Å²) in [5.74, 6) is 0.0726. The lowest BCUT2D eigenvalue weighted by Gasteiger charge is -2.15. The summed E-state index contributed by atoms with van der Waals surface area (Å²) in [5.41, 5.74) is 6.71. The number of benzene rings is 1. The Kier molecular flexibility index (Phi) is 4.51. The SMILES string of the molecule is COc1cnc(C(N)c2cccc(Br)c2F)c(OC)n1. The molecule has 2 N–H and O–H groups in total. The highest BCUT2D eigenvalue weighted by Crippen LogP contribution is 2.30. The van der Waals surface area contributed by atoms with Crippen LogP contribution in [0.1, 0.15) is 17.3 Å². The van der Waals surface area contributed by atoms with Crippen LogP contribution in [-0.4, -0.2) is 24.2 Å². The lowest BCUT2D eigenvalue weighted by atomic mass is 10.0. The van der Waals surface area contributed by atoms with Crippen molar-refractivity contribution in [3.8, 4) is 11.8 Å². The van der Waals surface area contributed by atoms with Gasteiger partial charge in [-0.2, -0.15) is 4.98 Å². The minimum atomic E-state index is -0.791. The largest absolute Gasteiger partial charge is 0.480 e. The maximum absolute atomic E-state index is 14.1. The van der Waals surface area contributed by atoms with Gasteiger partial charge in [-0.3, -0.25) is 0 Å². The van der Waals surface area contributed by atoms with Crippen LogP contribution >= 0.6 is 15.9 Å². The van der Waals surface area contributed by atoms with E-state index < -0.39 is 11.9 Å². The van der Waals surface area contributed by atoms with Crippen molar-refractivity contribution in [2.75, 3.05) is 14.2 Å². The van der Waals surface area contributed by atoms with Gasteiger partial charge in [0.1, 0.15) is 11.5 Å². The van der Waals surface area contributed by atoms with E-state index >= 15 is 0 Å². The van der Waals surface area contributed by atoms with Crippen LogP contribution in [-0.2, 0) is 0 Å². The molecule has 20 heavy (non-hydrogen) atoms. The van der Waals surface area contributed by atoms with Crippen molar-refractivity contribution >= 4 is 15.9 Å². The Morgan fingerprint density at radius 1 is 1.30 bits per heavy atom. The number of ether oxygens (including phenoxy) is 2. The van der Waals surface area contributed by atoms with Gasteiger partial charge < -0.3 is 15.2 Å². The molecule has 5 nitrogen and oxygen atoms in total. The second-order valence-corrected chi connectivity index (χ2v) is 4.78. The third kappa shape index (κ3) is 2.73. The Bertz CT molecular complexity index is 625. The van der Waals surface area contributed by atoms with E-state index in [1.54, 1.807) is 18.2 Å². The summed E-state index contributed by atoms with van der Waals surface area (Å²) in [6, 6.07) is 4.10. The normalized spacial score (nSPS) is 12.1. The number of methoxy groups -OCH3 is 2. The molecule has 0 spiro atoms. The molecule has 0 aliphatic rings. The molecule has 1 aromatic carbocycles. The Hall–Kier alpha value is -1.73. The molecule has 0 fully saturated rings. The number of hydrogen-bond acceptors (Lipinski definition) is 5. The van der Waals surface area contributed by atoms with Crippen molar-refractivity contribution in [1.82, 2.24) is 9.97 Å². The predicted molar refractivity (Wildman–Crippen MR) is 75.3 cm³/mol. The number of nitrogens with two attached hydrogens (primary N) is 1. The van der Waals surface area contributed by atoms with Gasteiger partial charge in [-0.15, -0.1) is 0 Å². The average Bonchev–Trinajstić information content (AvgIpc) is 2.48. The summed E-state index contributed by atoms with van der Waals surface area (Å²) < 4.78 is 24.5. The third-order valence-electron chi connectivity index (χ3n) is 2.76. The van der Waals surface area contributed by atoms with Gasteiger partial charge in [0.25, 0.3) is 0 Å². The molecule has 0 saturated heterocycles. The standard InChI is InChI=1S/C13H13BrFN3O2/c1-19-9-6-17-12(13(18-9)20-2)11(16)7-4-3-5-8(14)10(7)15/h3-6,11H,16H2,1-2H3. The van der Waals surface area contributed by atoms with Crippen molar-refractivity contribution in [1.29, 1.82) is 0 Å². The second kappa shape index (κ2) is 6.15. The van der Waals surface area contributed by atoms with Crippen LogP contribution in [0.5, 0.6) is 11.8 Å². The molecule has 7 heteroatoms. The lowest BCUT2D eigenvalue weighted by Crippen LogP contribution is -2.17. The van der Waals surface area contributed by atoms with Gasteiger partial charge in [-0.05, 0) is 22.0 Å². The molecule has 1 heterocycles. The first-order chi connectivity index (χ1) is 9.58. The van der Waals surface area contributed by atoms with Crippen LogP contribution in [0, 0.1) is 5.82 Å². The monoisotopic (exact) mass is 341 g/mol. The molecule has 0 bridgehead atoms. The van der Waals surface area contributed by atoms with Crippen LogP contribution in [0.4, 0.5) is 4.39 Å². The maximum Gasteiger partial charge on any atom is 0.240 e. The number of rotatable bonds is 4. The number of aromatic nitrogens is 2. The fourth-order valence-corrected chi connectivity index (χ4v) is 2.12. The molecule has 0 aliphatic heterocycles. The van der Waals surface area contributed by atoms with E-state index in [9.17, 15) is 4.39 Å². The van der Waals surface area contributed by atoms with Gasteiger partial charge in [0.15, 0.2) is 0 Å². The summed E-state index contributed by atoms with van der Waals surface area (Å²) in [7, 11) is 2.91. The van der Waals surface area contributed by atoms with Crippen molar-refractivity contribution < 1.29 is 13.9 Å². The Balaban J connectivity index is 2.47. The van der Waals surface area contributed by atoms with Crippen LogP contribution in [0.25, 0.3) is 0 Å². The minimum Gasteiger partial charge on any atom is -0.480 e. The first-order valence-electron chi connectivity index (χ1n) is 5.73. The van der Waals surface area contributed by atoms with E-state index in [1.165, 1.54) is 20.4 Å². The number of halogens is 2. The van der Waals surface area contributed by atoms with Gasteiger partial charge >= 0.3 is 0 Å². The third-order valence-corrected chi connectivity index (χ3v) is 3.37. The molecule has 0 amide bonds. The van der Waals surface area contributed by atoms with Gasteiger partial charge in [0.05, 0.1) is 30.9 Å². The summed E-state index contributed by atoms with van der Waals surface area (Å²) in [6.45, 7) is 0. The molecule has 1 atom stereocenters. The fraction of sp³-hybridized carbons (Fsp3) is 0.231. The minimum absolute atomic E-state index is 0.205. The van der Waals surface area contributed by atoms with Crippen molar-refractivity contribution in [2.24, 2.45) is 5.73 Å². The zero-order valence-corrected chi connectivity index (χ0v) is 12.5. The van der Waals surface area contributed by atoms with Crippen LogP contribution in [0.2, 0.25) is 0 Å². The van der Waals surface area contributed by atoms with Crippen LogP contribution < -0.4 is 15.2 Å². The van der Waals surface area contributed by atoms with E-state index in [4.69, 9.17) is 15.2 Å². The lowest BCUT2D eigenvalue weighted by molar-refractivity contribution is 0.355. The zero-order valence-electron chi connectivity index (χ0n) is 10.9. The highest BCUT2D eigenvalue weighted by atomic mass is 79.9. The molecule has 2 rings (SSSR count). The second-order valence-electron chi connectivity index (χ2n) is 3.93. The summed E-state index contributed by atoms with van der Waals surface area (Å²) in [4.78, 5) is 8.24. The zero-order chi connectivity index (χ0) is 14.7. The van der Waals surface area contributed by atoms with E-state index in [0.29, 0.717) is 21.6 Å². The molecular weight excluding hydrogens is 329 g/mol. The molecule has 0 saturated carbocycles. The van der Waals surface area contributed by atoms with E-state index in [2.05, 4.69) is 25.9 Å². The molecule has 0 radical (unpaired) electrons. The van der Waals surface area contributed by atoms with Crippen molar-refractivity contribution in [3.63, 3.8) is 0 Å². The van der Waals surface area contributed by atoms with Crippen LogP contribution in [0.15, 0.2) is 28.9 Å². The summed E-state index contributed by atoms with van der Waals surface area (Å²) in [6.07, 6.45) is 1.41. The fourth-order valence-electron chi connectivity index (χ4n) is 1.74. The summed E-state index contributed by atoms with van der Waals surface area (Å²) in [5, 5.41) is 0. The smallest absolute Gasteiger partial charge is 0.240 e. The topological polar surface area (TPSA) is 70.3 Å². The van der Waals surface area contributed by atoms with E-state index in [-0.39, 0.29) is 5.88 Å². The summed E-state index contributed by atoms with van der Waals surface area (Å²) >= 11 is 3.13. The Morgan fingerprint density at radius 2 is 2.05 bits per heavy atom. The van der Waals surface area contributed by atoms with Crippen molar-refractivity contribution in [2.45, 2.75) is 6.04 Å². The van der Waals surface area contributed by atoms with Gasteiger partial charge in [-0.25, -0.2) is 9.37 Å². The Morgan fingerprint density at radius 3 is 2.70 bits per heavy atom. The molecule has 1 aromatic heterocycles. The van der Waals surface area contributed by atoms with Gasteiger partial charge in [0.2, 0.25) is 11.8 Å². The molecule has 106 valence electrons.